The van der Waals surface area contributed by atoms with Gasteiger partial charge < -0.3 is 15.4 Å². The van der Waals surface area contributed by atoms with Gasteiger partial charge in [-0.25, -0.2) is 17.5 Å². The van der Waals surface area contributed by atoms with E-state index in [1.165, 1.54) is 43.5 Å². The standard InChI is InChI=1S/C21H26FN3O5S/c1-21(2,3)25-31(28,29)18-13-14(9-10-17(18)30-4)19(26)23-11-12-24-20(27)15-7-5-6-8-16(15)22/h5-10,13,25H,11-12H2,1-4H3,(H,23,26)(H,24,27). The van der Waals surface area contributed by atoms with Crippen LogP contribution in [-0.2, 0) is 10.0 Å². The third-order valence-corrected chi connectivity index (χ3v) is 5.75. The van der Waals surface area contributed by atoms with Crippen molar-refractivity contribution in [1.82, 2.24) is 15.4 Å². The van der Waals surface area contributed by atoms with Crippen molar-refractivity contribution in [2.45, 2.75) is 31.2 Å². The Morgan fingerprint density at radius 3 is 2.19 bits per heavy atom. The number of methoxy groups -OCH3 is 1. The summed E-state index contributed by atoms with van der Waals surface area (Å²) in [6.07, 6.45) is 0. The Kier molecular flexibility index (Phi) is 7.75. The van der Waals surface area contributed by atoms with Crippen LogP contribution < -0.4 is 20.1 Å². The van der Waals surface area contributed by atoms with Crippen LogP contribution in [0.25, 0.3) is 0 Å². The van der Waals surface area contributed by atoms with Crippen LogP contribution in [0.2, 0.25) is 0 Å². The molecule has 0 bridgehead atoms. The lowest BCUT2D eigenvalue weighted by Crippen LogP contribution is -2.40. The van der Waals surface area contributed by atoms with E-state index in [9.17, 15) is 22.4 Å². The lowest BCUT2D eigenvalue weighted by molar-refractivity contribution is 0.0925. The van der Waals surface area contributed by atoms with Crippen molar-refractivity contribution in [2.24, 2.45) is 0 Å². The molecule has 0 aliphatic heterocycles. The van der Waals surface area contributed by atoms with Crippen LogP contribution in [0, 0.1) is 5.82 Å². The number of amides is 2. The maximum atomic E-state index is 13.6. The van der Waals surface area contributed by atoms with Gasteiger partial charge in [0.2, 0.25) is 10.0 Å². The number of rotatable bonds is 8. The van der Waals surface area contributed by atoms with Gasteiger partial charge in [-0.3, -0.25) is 9.59 Å². The van der Waals surface area contributed by atoms with E-state index in [4.69, 9.17) is 4.74 Å². The van der Waals surface area contributed by atoms with Gasteiger partial charge in [0.25, 0.3) is 11.8 Å². The van der Waals surface area contributed by atoms with Crippen LogP contribution in [-0.4, -0.2) is 46.0 Å². The Hall–Kier alpha value is -2.98. The van der Waals surface area contributed by atoms with Gasteiger partial charge in [0.1, 0.15) is 16.5 Å². The normalized spacial score (nSPS) is 11.6. The number of carbonyl (C=O) groups is 2. The molecule has 10 heteroatoms. The summed E-state index contributed by atoms with van der Waals surface area (Å²) in [5, 5.41) is 5.09. The average Bonchev–Trinajstić information content (AvgIpc) is 2.69. The third-order valence-electron chi connectivity index (χ3n) is 3.97. The fraction of sp³-hybridized carbons (Fsp3) is 0.333. The molecule has 0 radical (unpaired) electrons. The Labute approximate surface area is 181 Å². The minimum atomic E-state index is -3.94. The molecule has 0 fully saturated rings. The molecule has 2 rings (SSSR count). The van der Waals surface area contributed by atoms with Crippen molar-refractivity contribution in [3.63, 3.8) is 0 Å². The van der Waals surface area contributed by atoms with Gasteiger partial charge >= 0.3 is 0 Å². The van der Waals surface area contributed by atoms with Gasteiger partial charge in [0.15, 0.2) is 0 Å². The predicted octanol–water partition coefficient (Wildman–Crippen LogP) is 2.07. The summed E-state index contributed by atoms with van der Waals surface area (Å²) in [5.74, 6) is -1.67. The van der Waals surface area contributed by atoms with Gasteiger partial charge in [-0.1, -0.05) is 12.1 Å². The van der Waals surface area contributed by atoms with Crippen LogP contribution >= 0.6 is 0 Å². The molecule has 8 nitrogen and oxygen atoms in total. The number of hydrogen-bond donors (Lipinski definition) is 3. The second-order valence-corrected chi connectivity index (χ2v) is 9.36. The first-order chi connectivity index (χ1) is 14.4. The quantitative estimate of drug-likeness (QED) is 0.532. The zero-order valence-electron chi connectivity index (χ0n) is 17.8. The Bertz CT molecular complexity index is 1060. The second-order valence-electron chi connectivity index (χ2n) is 7.71. The van der Waals surface area contributed by atoms with Crippen LogP contribution in [0.3, 0.4) is 0 Å². The Morgan fingerprint density at radius 2 is 1.61 bits per heavy atom. The summed E-state index contributed by atoms with van der Waals surface area (Å²) in [6.45, 7) is 5.22. The molecule has 0 saturated heterocycles. The summed E-state index contributed by atoms with van der Waals surface area (Å²) in [5.41, 5.74) is -0.709. The van der Waals surface area contributed by atoms with E-state index in [2.05, 4.69) is 15.4 Å². The van der Waals surface area contributed by atoms with Gasteiger partial charge in [-0.05, 0) is 51.1 Å². The molecule has 0 unspecified atom stereocenters. The lowest BCUT2D eigenvalue weighted by Gasteiger charge is -2.21. The molecular formula is C21H26FN3O5S. The van der Waals surface area contributed by atoms with Gasteiger partial charge in [0.05, 0.1) is 12.7 Å². The van der Waals surface area contributed by atoms with Crippen LogP contribution in [0.5, 0.6) is 5.75 Å². The van der Waals surface area contributed by atoms with Crippen LogP contribution in [0.1, 0.15) is 41.5 Å². The molecular weight excluding hydrogens is 425 g/mol. The van der Waals surface area contributed by atoms with E-state index in [-0.39, 0.29) is 34.9 Å². The molecule has 3 N–H and O–H groups in total. The van der Waals surface area contributed by atoms with E-state index in [0.29, 0.717) is 0 Å². The molecule has 168 valence electrons. The zero-order valence-corrected chi connectivity index (χ0v) is 18.6. The maximum Gasteiger partial charge on any atom is 0.254 e. The lowest BCUT2D eigenvalue weighted by atomic mass is 10.1. The first kappa shape index (κ1) is 24.3. The molecule has 0 spiro atoms. The topological polar surface area (TPSA) is 114 Å². The monoisotopic (exact) mass is 451 g/mol. The highest BCUT2D eigenvalue weighted by atomic mass is 32.2. The number of benzene rings is 2. The summed E-state index contributed by atoms with van der Waals surface area (Å²) in [7, 11) is -2.60. The van der Waals surface area contributed by atoms with Crippen LogP contribution in [0.15, 0.2) is 47.4 Å². The van der Waals surface area contributed by atoms with Gasteiger partial charge in [-0.15, -0.1) is 0 Å². The zero-order chi connectivity index (χ0) is 23.2. The molecule has 0 aliphatic carbocycles. The molecule has 0 saturated carbocycles. The van der Waals surface area contributed by atoms with Crippen molar-refractivity contribution < 1.29 is 27.1 Å². The highest BCUT2D eigenvalue weighted by molar-refractivity contribution is 7.89. The maximum absolute atomic E-state index is 13.6. The van der Waals surface area contributed by atoms with Crippen molar-refractivity contribution >= 4 is 21.8 Å². The summed E-state index contributed by atoms with van der Waals surface area (Å²) < 4.78 is 46.6. The van der Waals surface area contributed by atoms with Crippen molar-refractivity contribution in [2.75, 3.05) is 20.2 Å². The molecule has 0 aliphatic rings. The van der Waals surface area contributed by atoms with Gasteiger partial charge in [0, 0.05) is 24.2 Å². The van der Waals surface area contributed by atoms with Crippen molar-refractivity contribution in [1.29, 1.82) is 0 Å². The molecule has 0 aromatic heterocycles. The number of hydrogen-bond acceptors (Lipinski definition) is 5. The SMILES string of the molecule is COc1ccc(C(=O)NCCNC(=O)c2ccccc2F)cc1S(=O)(=O)NC(C)(C)C. The predicted molar refractivity (Wildman–Crippen MR) is 114 cm³/mol. The summed E-state index contributed by atoms with van der Waals surface area (Å²) in [4.78, 5) is 24.2. The van der Waals surface area contributed by atoms with E-state index >= 15 is 0 Å². The second kappa shape index (κ2) is 9.88. The Morgan fingerprint density at radius 1 is 1.00 bits per heavy atom. The number of carbonyl (C=O) groups excluding carboxylic acids is 2. The number of nitrogens with one attached hydrogen (secondary N) is 3. The highest BCUT2D eigenvalue weighted by Gasteiger charge is 2.26. The minimum absolute atomic E-state index is 0.0613. The fourth-order valence-corrected chi connectivity index (χ4v) is 4.30. The van der Waals surface area contributed by atoms with Crippen molar-refractivity contribution in [3.05, 3.63) is 59.4 Å². The smallest absolute Gasteiger partial charge is 0.254 e. The first-order valence-corrected chi connectivity index (χ1v) is 11.0. The first-order valence-electron chi connectivity index (χ1n) is 9.47. The van der Waals surface area contributed by atoms with E-state index in [0.717, 1.165) is 0 Å². The summed E-state index contributed by atoms with van der Waals surface area (Å²) >= 11 is 0. The molecule has 2 aromatic rings. The number of halogens is 1. The number of sulfonamides is 1. The minimum Gasteiger partial charge on any atom is -0.495 e. The molecule has 31 heavy (non-hydrogen) atoms. The average molecular weight is 452 g/mol. The van der Waals surface area contributed by atoms with Crippen LogP contribution in [0.4, 0.5) is 4.39 Å². The third kappa shape index (κ3) is 6.76. The van der Waals surface area contributed by atoms with E-state index in [1.54, 1.807) is 26.8 Å². The molecule has 2 aromatic carbocycles. The summed E-state index contributed by atoms with van der Waals surface area (Å²) in [6, 6.07) is 9.61. The number of ether oxygens (including phenoxy) is 1. The molecule has 0 heterocycles. The largest absolute Gasteiger partial charge is 0.495 e. The van der Waals surface area contributed by atoms with E-state index in [1.807, 2.05) is 0 Å². The highest BCUT2D eigenvalue weighted by Crippen LogP contribution is 2.26. The van der Waals surface area contributed by atoms with E-state index < -0.39 is 33.2 Å². The molecule has 2 amide bonds. The fourth-order valence-electron chi connectivity index (χ4n) is 2.68. The van der Waals surface area contributed by atoms with Crippen molar-refractivity contribution in [3.8, 4) is 5.75 Å². The molecule has 0 atom stereocenters. The Balaban J connectivity index is 2.04. The van der Waals surface area contributed by atoms with Gasteiger partial charge in [-0.2, -0.15) is 0 Å².